The molecule has 0 saturated carbocycles. The Balaban J connectivity index is 2.46. The number of amides is 3. The Morgan fingerprint density at radius 1 is 0.925 bits per heavy atom. The van der Waals surface area contributed by atoms with Gasteiger partial charge in [-0.05, 0) is 56.8 Å². The maximum Gasteiger partial charge on any atom is 0.311 e. The molecule has 3 amide bonds. The number of anilines is 1. The Morgan fingerprint density at radius 3 is 2.12 bits per heavy atom. The van der Waals surface area contributed by atoms with Crippen LogP contribution in [0.3, 0.4) is 0 Å². The molecule has 3 N–H and O–H groups in total. The standard InChI is InChI=1S/C27H42N6O7/c1-18(2)23(32-22(34)11-13-38-15-16-39-14-12-29-33-28)25(36)30-19(3)24(35)31-21-9-7-20(8-10-21)17-40-26(37)27(4,5)6/h7-10,18-19,23H,11-17H2,1-6H3,(H,30,36)(H,31,35)(H,32,34)/t19-,23-/m0/s1. The van der Waals surface area contributed by atoms with Crippen molar-refractivity contribution in [2.45, 2.75) is 66.7 Å². The van der Waals surface area contributed by atoms with Crippen LogP contribution in [0.5, 0.6) is 0 Å². The fraction of sp³-hybridized carbons (Fsp3) is 0.630. The molecule has 0 spiro atoms. The van der Waals surface area contributed by atoms with Crippen LogP contribution in [-0.2, 0) is 40.0 Å². The van der Waals surface area contributed by atoms with E-state index < -0.39 is 29.3 Å². The van der Waals surface area contributed by atoms with Crippen molar-refractivity contribution in [1.82, 2.24) is 10.6 Å². The summed E-state index contributed by atoms with van der Waals surface area (Å²) in [4.78, 5) is 52.3. The van der Waals surface area contributed by atoms with Crippen LogP contribution in [0.15, 0.2) is 29.4 Å². The van der Waals surface area contributed by atoms with Crippen molar-refractivity contribution < 1.29 is 33.4 Å². The number of azide groups is 1. The zero-order valence-electron chi connectivity index (χ0n) is 24.2. The van der Waals surface area contributed by atoms with Crippen LogP contribution in [0, 0.1) is 11.3 Å². The van der Waals surface area contributed by atoms with Gasteiger partial charge >= 0.3 is 5.97 Å². The van der Waals surface area contributed by atoms with Crippen LogP contribution in [0.4, 0.5) is 5.69 Å². The maximum absolute atomic E-state index is 12.8. The highest BCUT2D eigenvalue weighted by Gasteiger charge is 2.27. The molecule has 1 aromatic carbocycles. The second-order valence-corrected chi connectivity index (χ2v) is 10.5. The summed E-state index contributed by atoms with van der Waals surface area (Å²) in [7, 11) is 0. The molecule has 0 radical (unpaired) electrons. The predicted molar refractivity (Wildman–Crippen MR) is 149 cm³/mol. The largest absolute Gasteiger partial charge is 0.460 e. The number of rotatable bonds is 17. The third kappa shape index (κ3) is 13.9. The van der Waals surface area contributed by atoms with Gasteiger partial charge < -0.3 is 30.2 Å². The van der Waals surface area contributed by atoms with Gasteiger partial charge in [0.2, 0.25) is 17.7 Å². The first-order chi connectivity index (χ1) is 18.8. The topological polar surface area (TPSA) is 181 Å². The molecule has 0 aliphatic rings. The number of carbonyl (C=O) groups excluding carboxylic acids is 4. The Labute approximate surface area is 235 Å². The molecule has 0 saturated heterocycles. The highest BCUT2D eigenvalue weighted by molar-refractivity contribution is 5.98. The average Bonchev–Trinajstić information content (AvgIpc) is 2.89. The van der Waals surface area contributed by atoms with Gasteiger partial charge in [-0.2, -0.15) is 0 Å². The van der Waals surface area contributed by atoms with Crippen molar-refractivity contribution in [3.8, 4) is 0 Å². The third-order valence-electron chi connectivity index (χ3n) is 5.47. The molecule has 40 heavy (non-hydrogen) atoms. The number of ether oxygens (including phenoxy) is 3. The first kappa shape index (κ1) is 34.4. The van der Waals surface area contributed by atoms with Crippen LogP contribution < -0.4 is 16.0 Å². The van der Waals surface area contributed by atoms with E-state index in [4.69, 9.17) is 19.7 Å². The van der Waals surface area contributed by atoms with E-state index in [9.17, 15) is 19.2 Å². The van der Waals surface area contributed by atoms with Crippen molar-refractivity contribution >= 4 is 29.4 Å². The SMILES string of the molecule is CC(C)[C@H](NC(=O)CCOCCOCCN=[N+]=[N-])C(=O)N[C@@H](C)C(=O)Nc1ccc(COC(=O)C(C)(C)C)cc1. The Morgan fingerprint density at radius 2 is 1.55 bits per heavy atom. The van der Waals surface area contributed by atoms with Gasteiger partial charge in [0.25, 0.3) is 0 Å². The number of esters is 1. The summed E-state index contributed by atoms with van der Waals surface area (Å²) in [6, 6.07) is 5.15. The lowest BCUT2D eigenvalue weighted by Crippen LogP contribution is -2.53. The van der Waals surface area contributed by atoms with E-state index in [0.717, 1.165) is 5.56 Å². The van der Waals surface area contributed by atoms with Gasteiger partial charge in [-0.15, -0.1) is 0 Å². The first-order valence-corrected chi connectivity index (χ1v) is 13.2. The zero-order valence-corrected chi connectivity index (χ0v) is 24.2. The van der Waals surface area contributed by atoms with E-state index in [0.29, 0.717) is 12.3 Å². The van der Waals surface area contributed by atoms with Crippen molar-refractivity contribution in [2.75, 3.05) is 38.3 Å². The first-order valence-electron chi connectivity index (χ1n) is 13.2. The van der Waals surface area contributed by atoms with Gasteiger partial charge in [-0.1, -0.05) is 31.1 Å². The molecule has 0 heterocycles. The number of carbonyl (C=O) groups is 4. The van der Waals surface area contributed by atoms with Crippen LogP contribution in [0.25, 0.3) is 10.4 Å². The van der Waals surface area contributed by atoms with Gasteiger partial charge in [-0.25, -0.2) is 0 Å². The number of nitrogens with one attached hydrogen (secondary N) is 3. The normalized spacial score (nSPS) is 12.6. The Bertz CT molecular complexity index is 1020. The Kier molecular flexibility index (Phi) is 15.3. The molecule has 13 heteroatoms. The summed E-state index contributed by atoms with van der Waals surface area (Å²) in [5.74, 6) is -1.78. The zero-order chi connectivity index (χ0) is 30.1. The molecule has 0 aliphatic carbocycles. The van der Waals surface area contributed by atoms with Gasteiger partial charge in [0, 0.05) is 23.6 Å². The van der Waals surface area contributed by atoms with Crippen LogP contribution in [0.1, 0.15) is 53.5 Å². The summed E-state index contributed by atoms with van der Waals surface area (Å²) < 4.78 is 15.8. The lowest BCUT2D eigenvalue weighted by Gasteiger charge is -2.24. The molecule has 0 aromatic heterocycles. The Hall–Kier alpha value is -3.67. The average molecular weight is 563 g/mol. The maximum atomic E-state index is 12.8. The highest BCUT2D eigenvalue weighted by atomic mass is 16.5. The third-order valence-corrected chi connectivity index (χ3v) is 5.47. The lowest BCUT2D eigenvalue weighted by molar-refractivity contribution is -0.154. The van der Waals surface area contributed by atoms with Gasteiger partial charge in [0.15, 0.2) is 0 Å². The molecule has 0 aliphatic heterocycles. The molecule has 0 bridgehead atoms. The summed E-state index contributed by atoms with van der Waals surface area (Å²) in [5, 5.41) is 11.4. The van der Waals surface area contributed by atoms with Gasteiger partial charge in [-0.3, -0.25) is 19.2 Å². The minimum atomic E-state index is -0.861. The smallest absolute Gasteiger partial charge is 0.311 e. The molecule has 0 fully saturated rings. The van der Waals surface area contributed by atoms with Crippen LogP contribution in [-0.4, -0.2) is 68.7 Å². The molecule has 1 aromatic rings. The monoisotopic (exact) mass is 562 g/mol. The molecule has 222 valence electrons. The molecular weight excluding hydrogens is 520 g/mol. The van der Waals surface area contributed by atoms with Crippen molar-refractivity contribution in [2.24, 2.45) is 16.4 Å². The molecule has 1 rings (SSSR count). The van der Waals surface area contributed by atoms with Crippen LogP contribution >= 0.6 is 0 Å². The molecular formula is C27H42N6O7. The van der Waals surface area contributed by atoms with Crippen molar-refractivity contribution in [1.29, 1.82) is 0 Å². The fourth-order valence-electron chi connectivity index (χ4n) is 3.09. The molecule has 13 nitrogen and oxygen atoms in total. The fourth-order valence-corrected chi connectivity index (χ4v) is 3.09. The van der Waals surface area contributed by atoms with E-state index in [1.807, 2.05) is 0 Å². The second-order valence-electron chi connectivity index (χ2n) is 10.5. The molecule has 0 unspecified atom stereocenters. The molecule has 2 atom stereocenters. The quantitative estimate of drug-likeness (QED) is 0.0857. The van der Waals surface area contributed by atoms with E-state index in [2.05, 4.69) is 26.0 Å². The lowest BCUT2D eigenvalue weighted by atomic mass is 9.97. The number of nitrogens with zero attached hydrogens (tertiary/aromatic N) is 3. The summed E-state index contributed by atoms with van der Waals surface area (Å²) in [5.41, 5.74) is 8.88. The predicted octanol–water partition coefficient (Wildman–Crippen LogP) is 3.09. The van der Waals surface area contributed by atoms with Gasteiger partial charge in [0.05, 0.1) is 31.8 Å². The highest BCUT2D eigenvalue weighted by Crippen LogP contribution is 2.17. The van der Waals surface area contributed by atoms with E-state index in [1.165, 1.54) is 0 Å². The van der Waals surface area contributed by atoms with E-state index >= 15 is 0 Å². The van der Waals surface area contributed by atoms with E-state index in [1.54, 1.807) is 65.8 Å². The van der Waals surface area contributed by atoms with E-state index in [-0.39, 0.29) is 57.2 Å². The number of hydrogen-bond acceptors (Lipinski definition) is 8. The number of benzene rings is 1. The summed E-state index contributed by atoms with van der Waals surface area (Å²) in [6.07, 6.45) is 0.0522. The second kappa shape index (κ2) is 17.8. The van der Waals surface area contributed by atoms with Crippen molar-refractivity contribution in [3.05, 3.63) is 40.3 Å². The number of hydrogen-bond donors (Lipinski definition) is 3. The minimum Gasteiger partial charge on any atom is -0.460 e. The summed E-state index contributed by atoms with van der Waals surface area (Å²) in [6.45, 7) is 11.8. The van der Waals surface area contributed by atoms with Crippen LogP contribution in [0.2, 0.25) is 0 Å². The summed E-state index contributed by atoms with van der Waals surface area (Å²) >= 11 is 0. The van der Waals surface area contributed by atoms with Gasteiger partial charge in [0.1, 0.15) is 18.7 Å². The minimum absolute atomic E-state index is 0.0522. The van der Waals surface area contributed by atoms with Crippen molar-refractivity contribution in [3.63, 3.8) is 0 Å².